The number of ether oxygens (including phenoxy) is 1. The highest BCUT2D eigenvalue weighted by molar-refractivity contribution is 5.79. The Morgan fingerprint density at radius 2 is 1.92 bits per heavy atom. The summed E-state index contributed by atoms with van der Waals surface area (Å²) in [5.74, 6) is 1.77. The Balaban J connectivity index is 1.72. The van der Waals surface area contributed by atoms with E-state index < -0.39 is 0 Å². The van der Waals surface area contributed by atoms with E-state index in [1.54, 1.807) is 7.11 Å². The molecule has 0 aliphatic heterocycles. The Morgan fingerprint density at radius 3 is 2.60 bits per heavy atom. The van der Waals surface area contributed by atoms with E-state index in [2.05, 4.69) is 39.7 Å². The molecule has 5 heteroatoms. The fourth-order valence-electron chi connectivity index (χ4n) is 2.46. The molecule has 0 saturated heterocycles. The molecular weight excluding hydrogens is 312 g/mol. The lowest BCUT2D eigenvalue weighted by molar-refractivity contribution is 0.414. The van der Waals surface area contributed by atoms with Gasteiger partial charge in [0.05, 0.1) is 7.11 Å². The zero-order valence-electron chi connectivity index (χ0n) is 15.2. The van der Waals surface area contributed by atoms with Gasteiger partial charge in [-0.05, 0) is 49.6 Å². The van der Waals surface area contributed by atoms with Crippen LogP contribution in [-0.4, -0.2) is 37.7 Å². The average molecular weight is 340 g/mol. The summed E-state index contributed by atoms with van der Waals surface area (Å²) in [4.78, 5) is 8.98. The van der Waals surface area contributed by atoms with Gasteiger partial charge in [-0.15, -0.1) is 0 Å². The summed E-state index contributed by atoms with van der Waals surface area (Å²) < 4.78 is 5.18. The van der Waals surface area contributed by atoms with Gasteiger partial charge in [0.2, 0.25) is 0 Å². The van der Waals surface area contributed by atoms with E-state index in [9.17, 15) is 0 Å². The number of hydrogen-bond donors (Lipinski definition) is 2. The number of benzene rings is 1. The summed E-state index contributed by atoms with van der Waals surface area (Å²) in [6, 6.07) is 14.2. The van der Waals surface area contributed by atoms with E-state index in [4.69, 9.17) is 4.74 Å². The van der Waals surface area contributed by atoms with Crippen molar-refractivity contribution in [1.29, 1.82) is 0 Å². The fourth-order valence-corrected chi connectivity index (χ4v) is 2.46. The quantitative estimate of drug-likeness (QED) is 0.419. The molecule has 1 aromatic heterocycles. The highest BCUT2D eigenvalue weighted by Crippen LogP contribution is 2.12. The maximum Gasteiger partial charge on any atom is 0.191 e. The van der Waals surface area contributed by atoms with Gasteiger partial charge in [0.1, 0.15) is 5.75 Å². The molecule has 0 aliphatic carbocycles. The molecule has 0 aliphatic rings. The van der Waals surface area contributed by atoms with Crippen LogP contribution in [0.4, 0.5) is 0 Å². The fraction of sp³-hybridized carbons (Fsp3) is 0.400. The maximum atomic E-state index is 5.18. The van der Waals surface area contributed by atoms with Crippen LogP contribution in [0, 0.1) is 0 Å². The van der Waals surface area contributed by atoms with Gasteiger partial charge in [-0.2, -0.15) is 0 Å². The van der Waals surface area contributed by atoms with Gasteiger partial charge < -0.3 is 15.4 Å². The van der Waals surface area contributed by atoms with Crippen molar-refractivity contribution in [3.63, 3.8) is 0 Å². The van der Waals surface area contributed by atoms with Crippen LogP contribution in [0.3, 0.4) is 0 Å². The van der Waals surface area contributed by atoms with Crippen molar-refractivity contribution in [2.75, 3.05) is 26.7 Å². The minimum Gasteiger partial charge on any atom is -0.497 e. The van der Waals surface area contributed by atoms with Crippen LogP contribution in [0.15, 0.2) is 53.7 Å². The third-order valence-electron chi connectivity index (χ3n) is 3.80. The standard InChI is InChI=1S/C20H28N4O/c1-3-21-20(24-16-13-18-8-4-5-14-22-18)23-15-6-7-17-9-11-19(25-2)12-10-17/h4-5,8-12,14H,3,6-7,13,15-16H2,1-2H3,(H2,21,23,24). The first-order chi connectivity index (χ1) is 12.3. The number of pyridine rings is 1. The number of aryl methyl sites for hydroxylation is 1. The van der Waals surface area contributed by atoms with Crippen molar-refractivity contribution in [2.45, 2.75) is 26.2 Å². The van der Waals surface area contributed by atoms with Crippen molar-refractivity contribution in [1.82, 2.24) is 15.6 Å². The first-order valence-corrected chi connectivity index (χ1v) is 8.87. The average Bonchev–Trinajstić information content (AvgIpc) is 2.66. The van der Waals surface area contributed by atoms with Crippen LogP contribution in [0.25, 0.3) is 0 Å². The van der Waals surface area contributed by atoms with Crippen molar-refractivity contribution in [2.24, 2.45) is 4.99 Å². The third kappa shape index (κ3) is 7.25. The zero-order valence-corrected chi connectivity index (χ0v) is 15.2. The number of hydrogen-bond acceptors (Lipinski definition) is 3. The van der Waals surface area contributed by atoms with Crippen molar-refractivity contribution in [3.8, 4) is 5.75 Å². The minimum atomic E-state index is 0.797. The second-order valence-corrected chi connectivity index (χ2v) is 5.71. The van der Waals surface area contributed by atoms with Crippen LogP contribution in [0.2, 0.25) is 0 Å². The van der Waals surface area contributed by atoms with Gasteiger partial charge in [-0.25, -0.2) is 0 Å². The second kappa shape index (κ2) is 11.1. The summed E-state index contributed by atoms with van der Waals surface area (Å²) in [7, 11) is 1.69. The Bertz CT molecular complexity index is 626. The molecule has 1 aromatic carbocycles. The maximum absolute atomic E-state index is 5.18. The molecule has 0 radical (unpaired) electrons. The van der Waals surface area contributed by atoms with Crippen LogP contribution in [0.5, 0.6) is 5.75 Å². The lowest BCUT2D eigenvalue weighted by Crippen LogP contribution is -2.38. The molecule has 0 amide bonds. The molecule has 0 unspecified atom stereocenters. The van der Waals surface area contributed by atoms with Gasteiger partial charge in [0, 0.05) is 37.9 Å². The largest absolute Gasteiger partial charge is 0.497 e. The van der Waals surface area contributed by atoms with Crippen LogP contribution in [-0.2, 0) is 12.8 Å². The number of nitrogens with one attached hydrogen (secondary N) is 2. The van der Waals surface area contributed by atoms with E-state index in [1.165, 1.54) is 5.56 Å². The number of methoxy groups -OCH3 is 1. The highest BCUT2D eigenvalue weighted by Gasteiger charge is 1.99. The highest BCUT2D eigenvalue weighted by atomic mass is 16.5. The van der Waals surface area contributed by atoms with Gasteiger partial charge in [-0.3, -0.25) is 9.98 Å². The Hall–Kier alpha value is -2.56. The number of aromatic nitrogens is 1. The first kappa shape index (κ1) is 18.8. The third-order valence-corrected chi connectivity index (χ3v) is 3.80. The molecule has 0 spiro atoms. The summed E-state index contributed by atoms with van der Waals surface area (Å²) in [5, 5.41) is 6.65. The molecule has 0 atom stereocenters. The summed E-state index contributed by atoms with van der Waals surface area (Å²) in [5.41, 5.74) is 2.40. The predicted molar refractivity (Wildman–Crippen MR) is 103 cm³/mol. The van der Waals surface area contributed by atoms with Crippen LogP contribution in [0.1, 0.15) is 24.6 Å². The lowest BCUT2D eigenvalue weighted by Gasteiger charge is -2.11. The molecule has 2 aromatic rings. The second-order valence-electron chi connectivity index (χ2n) is 5.71. The van der Waals surface area contributed by atoms with Crippen molar-refractivity contribution >= 4 is 5.96 Å². The monoisotopic (exact) mass is 340 g/mol. The summed E-state index contributed by atoms with van der Waals surface area (Å²) >= 11 is 0. The molecular formula is C20H28N4O. The molecule has 0 bridgehead atoms. The number of nitrogens with zero attached hydrogens (tertiary/aromatic N) is 2. The summed E-state index contributed by atoms with van der Waals surface area (Å²) in [6.45, 7) is 4.55. The van der Waals surface area contributed by atoms with E-state index in [0.717, 1.165) is 56.3 Å². The van der Waals surface area contributed by atoms with E-state index >= 15 is 0 Å². The molecule has 25 heavy (non-hydrogen) atoms. The molecule has 1 heterocycles. The number of guanidine groups is 1. The SMILES string of the molecule is CCNC(=NCCCc1ccc(OC)cc1)NCCc1ccccn1. The predicted octanol–water partition coefficient (Wildman–Crippen LogP) is 2.82. The van der Waals surface area contributed by atoms with Gasteiger partial charge >= 0.3 is 0 Å². The van der Waals surface area contributed by atoms with Gasteiger partial charge in [0.15, 0.2) is 5.96 Å². The van der Waals surface area contributed by atoms with Crippen LogP contribution < -0.4 is 15.4 Å². The Morgan fingerprint density at radius 1 is 1.08 bits per heavy atom. The summed E-state index contributed by atoms with van der Waals surface area (Å²) in [6.07, 6.45) is 4.74. The minimum absolute atomic E-state index is 0.797. The Labute approximate surface area is 150 Å². The topological polar surface area (TPSA) is 58.5 Å². The van der Waals surface area contributed by atoms with E-state index in [0.29, 0.717) is 0 Å². The normalized spacial score (nSPS) is 11.2. The van der Waals surface area contributed by atoms with Gasteiger partial charge in [0.25, 0.3) is 0 Å². The smallest absolute Gasteiger partial charge is 0.191 e. The molecule has 5 nitrogen and oxygen atoms in total. The number of aliphatic imine (C=N–C) groups is 1. The van der Waals surface area contributed by atoms with Crippen molar-refractivity contribution < 1.29 is 4.74 Å². The molecule has 2 rings (SSSR count). The first-order valence-electron chi connectivity index (χ1n) is 8.87. The van der Waals surface area contributed by atoms with Crippen molar-refractivity contribution in [3.05, 3.63) is 59.9 Å². The molecule has 2 N–H and O–H groups in total. The molecule has 134 valence electrons. The number of rotatable bonds is 9. The van der Waals surface area contributed by atoms with Crippen LogP contribution >= 0.6 is 0 Å². The van der Waals surface area contributed by atoms with E-state index in [1.807, 2.05) is 36.5 Å². The molecule has 0 saturated carbocycles. The zero-order chi connectivity index (χ0) is 17.7. The Kier molecular flexibility index (Phi) is 8.32. The molecule has 0 fully saturated rings. The lowest BCUT2D eigenvalue weighted by atomic mass is 10.1. The van der Waals surface area contributed by atoms with Gasteiger partial charge in [-0.1, -0.05) is 18.2 Å². The van der Waals surface area contributed by atoms with E-state index in [-0.39, 0.29) is 0 Å².